The summed E-state index contributed by atoms with van der Waals surface area (Å²) < 4.78 is 42.1. The van der Waals surface area contributed by atoms with Gasteiger partial charge in [-0.25, -0.2) is 0 Å². The van der Waals surface area contributed by atoms with Crippen molar-refractivity contribution in [2.45, 2.75) is 30.4 Å². The number of amides is 1. The number of nitrogens with one attached hydrogen (secondary N) is 2. The molecule has 3 aromatic carbocycles. The molecule has 2 atom stereocenters. The third kappa shape index (κ3) is 6.50. The minimum absolute atomic E-state index is 0.0798. The van der Waals surface area contributed by atoms with E-state index in [-0.39, 0.29) is 11.8 Å². The van der Waals surface area contributed by atoms with Gasteiger partial charge in [-0.2, -0.15) is 18.3 Å². The lowest BCUT2D eigenvalue weighted by Crippen LogP contribution is -2.37. The molecule has 0 radical (unpaired) electrons. The van der Waals surface area contributed by atoms with Crippen LogP contribution >= 0.6 is 0 Å². The van der Waals surface area contributed by atoms with Crippen molar-refractivity contribution >= 4 is 40.9 Å². The first-order valence-corrected chi connectivity index (χ1v) is 14.8. The van der Waals surface area contributed by atoms with E-state index in [1.807, 2.05) is 18.2 Å². The van der Waals surface area contributed by atoms with Gasteiger partial charge in [0.15, 0.2) is 0 Å². The van der Waals surface area contributed by atoms with Crippen molar-refractivity contribution < 1.29 is 32.2 Å². The van der Waals surface area contributed by atoms with Gasteiger partial charge in [0.05, 0.1) is 36.9 Å². The quantitative estimate of drug-likeness (QED) is 0.257. The fourth-order valence-corrected chi connectivity index (χ4v) is 6.18. The molecule has 234 valence electrons. The second-order valence-corrected chi connectivity index (χ2v) is 11.4. The lowest BCUT2D eigenvalue weighted by Gasteiger charge is -2.26. The molecule has 3 aliphatic rings. The van der Waals surface area contributed by atoms with Crippen LogP contribution in [-0.4, -0.2) is 73.4 Å². The topological polar surface area (TPSA) is 96.6 Å². The predicted molar refractivity (Wildman–Crippen MR) is 165 cm³/mol. The number of alkyl halides is 3. The molecule has 1 amide bonds. The van der Waals surface area contributed by atoms with Crippen molar-refractivity contribution in [1.29, 1.82) is 0 Å². The largest absolute Gasteiger partial charge is 0.497 e. The Morgan fingerprint density at radius 2 is 1.82 bits per heavy atom. The number of nitrogens with zero attached hydrogens (tertiary/aromatic N) is 2. The van der Waals surface area contributed by atoms with E-state index in [0.717, 1.165) is 90.4 Å². The third-order valence-corrected chi connectivity index (χ3v) is 8.71. The van der Waals surface area contributed by atoms with Gasteiger partial charge >= 0.3 is 6.18 Å². The van der Waals surface area contributed by atoms with Crippen LogP contribution in [0.2, 0.25) is 0 Å². The van der Waals surface area contributed by atoms with Gasteiger partial charge < -0.3 is 14.8 Å². The van der Waals surface area contributed by atoms with E-state index in [9.17, 15) is 18.0 Å². The first kappa shape index (κ1) is 30.5. The van der Waals surface area contributed by atoms with Gasteiger partial charge in [-0.3, -0.25) is 19.6 Å². The van der Waals surface area contributed by atoms with Crippen LogP contribution in [0.3, 0.4) is 0 Å². The van der Waals surface area contributed by atoms with Crippen LogP contribution in [0, 0.1) is 0 Å². The zero-order valence-corrected chi connectivity index (χ0v) is 24.7. The van der Waals surface area contributed by atoms with E-state index < -0.39 is 17.9 Å². The Balaban J connectivity index is 0.000000545. The SMILES string of the molecule is COc1ccc2c(c1)[C@]1(C[C@H]1c1ccc3c(/C=C/c4ccc(CCN5CCOCC5)cc4)n[nH]c3c1)C(=O)N2.O=CC(F)(F)F. The van der Waals surface area contributed by atoms with Gasteiger partial charge in [-0.05, 0) is 65.4 Å². The van der Waals surface area contributed by atoms with E-state index in [4.69, 9.17) is 14.3 Å². The Labute approximate surface area is 258 Å². The number of anilines is 1. The summed E-state index contributed by atoms with van der Waals surface area (Å²) in [5.74, 6) is 0.994. The zero-order chi connectivity index (χ0) is 31.6. The number of aromatic amines is 1. The molecular formula is C34H33F3N4O4. The fourth-order valence-electron chi connectivity index (χ4n) is 6.18. The predicted octanol–water partition coefficient (Wildman–Crippen LogP) is 5.74. The summed E-state index contributed by atoms with van der Waals surface area (Å²) in [7, 11) is 1.66. The molecule has 1 spiro atoms. The maximum absolute atomic E-state index is 13.0. The van der Waals surface area contributed by atoms with Crippen molar-refractivity contribution in [2.75, 3.05) is 45.3 Å². The van der Waals surface area contributed by atoms with Gasteiger partial charge in [0.2, 0.25) is 12.2 Å². The van der Waals surface area contributed by atoms with Crippen LogP contribution in [0.25, 0.3) is 23.1 Å². The Morgan fingerprint density at radius 1 is 1.07 bits per heavy atom. The smallest absolute Gasteiger partial charge is 0.446 e. The molecule has 8 nitrogen and oxygen atoms in total. The molecule has 1 aliphatic carbocycles. The van der Waals surface area contributed by atoms with Gasteiger partial charge in [-0.1, -0.05) is 42.5 Å². The fraction of sp³-hybridized carbons (Fsp3) is 0.324. The van der Waals surface area contributed by atoms with Crippen LogP contribution < -0.4 is 10.1 Å². The highest BCUT2D eigenvalue weighted by atomic mass is 19.4. The Bertz CT molecular complexity index is 1730. The van der Waals surface area contributed by atoms with Crippen LogP contribution in [-0.2, 0) is 26.2 Å². The molecule has 1 aromatic heterocycles. The van der Waals surface area contributed by atoms with Crippen molar-refractivity contribution in [2.24, 2.45) is 0 Å². The molecule has 1 saturated heterocycles. The standard InChI is InChI=1S/C32H32N4O3.C2HF3O/c1-38-24-8-11-29-26(19-24)32(31(37)33-29)20-27(32)23-7-9-25-28(34-35-30(25)18-23)10-6-21-2-4-22(5-3-21)12-13-36-14-16-39-17-15-36;3-2(4,5)1-6/h2-11,18-19,27H,12-17,20H2,1H3,(H,33,37)(H,34,35);1H/b10-6+;/t27-,32-;/m0./s1. The highest BCUT2D eigenvalue weighted by Crippen LogP contribution is 2.65. The summed E-state index contributed by atoms with van der Waals surface area (Å²) in [6.45, 7) is 4.82. The number of ether oxygens (including phenoxy) is 2. The number of carbonyl (C=O) groups is 2. The summed E-state index contributed by atoms with van der Waals surface area (Å²) in [6.07, 6.45) is 0.325. The number of carbonyl (C=O) groups excluding carboxylic acids is 2. The van der Waals surface area contributed by atoms with Crippen molar-refractivity contribution in [3.63, 3.8) is 0 Å². The van der Waals surface area contributed by atoms with E-state index in [0.29, 0.717) is 0 Å². The van der Waals surface area contributed by atoms with Crippen LogP contribution in [0.4, 0.5) is 18.9 Å². The molecule has 7 rings (SSSR count). The summed E-state index contributed by atoms with van der Waals surface area (Å²) in [6, 6.07) is 21.0. The molecule has 11 heteroatoms. The molecule has 0 unspecified atom stereocenters. The first-order chi connectivity index (χ1) is 21.7. The van der Waals surface area contributed by atoms with Gasteiger partial charge in [-0.15, -0.1) is 0 Å². The van der Waals surface area contributed by atoms with Gasteiger partial charge in [0, 0.05) is 36.6 Å². The number of halogens is 3. The maximum Gasteiger partial charge on any atom is 0.446 e. The number of H-pyrrole nitrogens is 1. The number of rotatable bonds is 7. The second-order valence-electron chi connectivity index (χ2n) is 11.4. The van der Waals surface area contributed by atoms with Gasteiger partial charge in [0.1, 0.15) is 5.75 Å². The molecule has 4 aromatic rings. The van der Waals surface area contributed by atoms with Gasteiger partial charge in [0.25, 0.3) is 0 Å². The van der Waals surface area contributed by atoms with E-state index >= 15 is 0 Å². The second kappa shape index (κ2) is 12.5. The number of benzene rings is 3. The summed E-state index contributed by atoms with van der Waals surface area (Å²) in [5, 5.41) is 11.9. The highest BCUT2D eigenvalue weighted by molar-refractivity contribution is 6.10. The number of methoxy groups -OCH3 is 1. The summed E-state index contributed by atoms with van der Waals surface area (Å²) >= 11 is 0. The number of hydrogen-bond acceptors (Lipinski definition) is 6. The van der Waals surface area contributed by atoms with Crippen molar-refractivity contribution in [1.82, 2.24) is 15.1 Å². The van der Waals surface area contributed by atoms with Crippen molar-refractivity contribution in [3.05, 3.63) is 88.6 Å². The van der Waals surface area contributed by atoms with Crippen molar-refractivity contribution in [3.8, 4) is 5.75 Å². The molecule has 2 fully saturated rings. The lowest BCUT2D eigenvalue weighted by atomic mass is 9.91. The number of hydrogen-bond donors (Lipinski definition) is 2. The highest BCUT2D eigenvalue weighted by Gasteiger charge is 2.65. The first-order valence-electron chi connectivity index (χ1n) is 14.8. The third-order valence-electron chi connectivity index (χ3n) is 8.71. The molecule has 3 heterocycles. The summed E-state index contributed by atoms with van der Waals surface area (Å²) in [4.78, 5) is 24.2. The van der Waals surface area contributed by atoms with E-state index in [1.54, 1.807) is 7.11 Å². The number of fused-ring (bicyclic) bond motifs is 3. The number of morpholine rings is 1. The Morgan fingerprint density at radius 3 is 2.53 bits per heavy atom. The van der Waals surface area contributed by atoms with Crippen LogP contribution in [0.15, 0.2) is 60.7 Å². The molecule has 2 N–H and O–H groups in total. The minimum atomic E-state index is -4.64. The molecular weight excluding hydrogens is 585 g/mol. The van der Waals surface area contributed by atoms with E-state index in [1.165, 1.54) is 5.56 Å². The maximum atomic E-state index is 13.0. The summed E-state index contributed by atoms with van der Waals surface area (Å²) in [5.41, 5.74) is 6.98. The number of aldehydes is 1. The normalized spacial score (nSPS) is 21.0. The number of aromatic nitrogens is 2. The van der Waals surface area contributed by atoms with E-state index in [2.05, 4.69) is 75.0 Å². The Hall–Kier alpha value is -4.48. The van der Waals surface area contributed by atoms with Crippen LogP contribution in [0.1, 0.15) is 40.3 Å². The monoisotopic (exact) mass is 618 g/mol. The molecule has 2 aliphatic heterocycles. The molecule has 1 saturated carbocycles. The minimum Gasteiger partial charge on any atom is -0.497 e. The Kier molecular flexibility index (Phi) is 8.48. The van der Waals surface area contributed by atoms with Crippen LogP contribution in [0.5, 0.6) is 5.75 Å². The molecule has 45 heavy (non-hydrogen) atoms. The zero-order valence-electron chi connectivity index (χ0n) is 24.7. The lowest BCUT2D eigenvalue weighted by molar-refractivity contribution is -0.156. The average molecular weight is 619 g/mol. The molecule has 0 bridgehead atoms. The average Bonchev–Trinajstić information content (AvgIpc) is 3.60.